The molecule has 1 amide bonds. The number of H-pyrrole nitrogens is 1. The van der Waals surface area contributed by atoms with Crippen LogP contribution in [0.15, 0.2) is 24.4 Å². The molecule has 0 fully saturated rings. The highest BCUT2D eigenvalue weighted by molar-refractivity contribution is 6.07. The fourth-order valence-electron chi connectivity index (χ4n) is 1.73. The third-order valence-corrected chi connectivity index (χ3v) is 2.94. The number of amides is 1. The van der Waals surface area contributed by atoms with Crippen LogP contribution in [0.2, 0.25) is 0 Å². The Hall–Kier alpha value is -1.97. The molecule has 0 aliphatic heterocycles. The number of aromatic amines is 1. The summed E-state index contributed by atoms with van der Waals surface area (Å²) < 4.78 is 0. The molecule has 0 radical (unpaired) electrons. The molecule has 0 aliphatic rings. The number of nitrogens with two attached hydrogens (primary N) is 1. The van der Waals surface area contributed by atoms with E-state index in [2.05, 4.69) is 10.3 Å². The molecule has 4 nitrogen and oxygen atoms in total. The van der Waals surface area contributed by atoms with Crippen molar-refractivity contribution in [2.24, 2.45) is 0 Å². The molecule has 0 aliphatic carbocycles. The quantitative estimate of drug-likeness (QED) is 0.709. The zero-order valence-electron chi connectivity index (χ0n) is 10.1. The Balaban J connectivity index is 2.35. The van der Waals surface area contributed by atoms with E-state index in [0.29, 0.717) is 11.3 Å². The normalized spacial score (nSPS) is 12.6. The first kappa shape index (κ1) is 11.5. The predicted octanol–water partition coefficient (Wildman–Crippen LogP) is 2.28. The van der Waals surface area contributed by atoms with Crippen LogP contribution in [0.1, 0.15) is 30.6 Å². The average Bonchev–Trinajstić information content (AvgIpc) is 2.71. The highest BCUT2D eigenvalue weighted by Gasteiger charge is 2.13. The summed E-state index contributed by atoms with van der Waals surface area (Å²) in [6, 6.07) is 5.69. The highest BCUT2D eigenvalue weighted by Crippen LogP contribution is 2.20. The number of aromatic nitrogens is 1. The number of nitrogens with one attached hydrogen (secondary N) is 2. The Morgan fingerprint density at radius 3 is 3.00 bits per heavy atom. The van der Waals surface area contributed by atoms with Crippen LogP contribution in [-0.2, 0) is 0 Å². The number of rotatable bonds is 3. The molecule has 1 atom stereocenters. The molecule has 4 N–H and O–H groups in total. The molecule has 1 aromatic heterocycles. The number of carbonyl (C=O) groups excluding carboxylic acids is 1. The predicted molar refractivity (Wildman–Crippen MR) is 69.9 cm³/mol. The van der Waals surface area contributed by atoms with Gasteiger partial charge >= 0.3 is 0 Å². The summed E-state index contributed by atoms with van der Waals surface area (Å²) in [7, 11) is 0. The Labute approximate surface area is 100 Å². The summed E-state index contributed by atoms with van der Waals surface area (Å²) >= 11 is 0. The van der Waals surface area contributed by atoms with E-state index in [0.717, 1.165) is 17.3 Å². The number of benzene rings is 1. The van der Waals surface area contributed by atoms with Gasteiger partial charge in [-0.05, 0) is 31.5 Å². The van der Waals surface area contributed by atoms with Crippen LogP contribution in [-0.4, -0.2) is 16.9 Å². The minimum absolute atomic E-state index is 0.0591. The van der Waals surface area contributed by atoms with Gasteiger partial charge < -0.3 is 16.0 Å². The van der Waals surface area contributed by atoms with Crippen molar-refractivity contribution in [2.75, 3.05) is 5.73 Å². The van der Waals surface area contributed by atoms with E-state index in [1.54, 1.807) is 6.20 Å². The number of carbonyl (C=O) groups is 1. The van der Waals surface area contributed by atoms with E-state index < -0.39 is 0 Å². The monoisotopic (exact) mass is 231 g/mol. The lowest BCUT2D eigenvalue weighted by molar-refractivity contribution is 0.0941. The summed E-state index contributed by atoms with van der Waals surface area (Å²) in [6.45, 7) is 4.03. The summed E-state index contributed by atoms with van der Waals surface area (Å²) in [4.78, 5) is 15.1. The molecule has 0 saturated heterocycles. The SMILES string of the molecule is CCC(C)NC(=O)c1c[nH]c2ccc(N)cc12. The first-order valence-electron chi connectivity index (χ1n) is 5.79. The third-order valence-electron chi connectivity index (χ3n) is 2.94. The van der Waals surface area contributed by atoms with Crippen molar-refractivity contribution in [3.8, 4) is 0 Å². The third kappa shape index (κ3) is 2.25. The van der Waals surface area contributed by atoms with Gasteiger partial charge in [0.2, 0.25) is 0 Å². The smallest absolute Gasteiger partial charge is 0.253 e. The van der Waals surface area contributed by atoms with Gasteiger partial charge in [-0.2, -0.15) is 0 Å². The zero-order chi connectivity index (χ0) is 12.4. The van der Waals surface area contributed by atoms with Crippen LogP contribution >= 0.6 is 0 Å². The van der Waals surface area contributed by atoms with E-state index >= 15 is 0 Å². The Bertz CT molecular complexity index is 545. The molecule has 4 heteroatoms. The van der Waals surface area contributed by atoms with Gasteiger partial charge in [0.25, 0.3) is 5.91 Å². The number of fused-ring (bicyclic) bond motifs is 1. The second-order valence-electron chi connectivity index (χ2n) is 4.29. The van der Waals surface area contributed by atoms with E-state index in [-0.39, 0.29) is 11.9 Å². The Kier molecular flexibility index (Phi) is 3.04. The highest BCUT2D eigenvalue weighted by atomic mass is 16.1. The minimum Gasteiger partial charge on any atom is -0.399 e. The van der Waals surface area contributed by atoms with Crippen molar-refractivity contribution in [1.82, 2.24) is 10.3 Å². The molecule has 90 valence electrons. The largest absolute Gasteiger partial charge is 0.399 e. The second kappa shape index (κ2) is 4.49. The van der Waals surface area contributed by atoms with Gasteiger partial charge in [0, 0.05) is 28.8 Å². The topological polar surface area (TPSA) is 70.9 Å². The Morgan fingerprint density at radius 2 is 2.29 bits per heavy atom. The van der Waals surface area contributed by atoms with E-state index in [4.69, 9.17) is 5.73 Å². The molecule has 2 aromatic rings. The summed E-state index contributed by atoms with van der Waals surface area (Å²) in [5.74, 6) is -0.0591. The van der Waals surface area contributed by atoms with Gasteiger partial charge in [-0.25, -0.2) is 0 Å². The molecular weight excluding hydrogens is 214 g/mol. The number of hydrogen-bond donors (Lipinski definition) is 3. The van der Waals surface area contributed by atoms with Gasteiger partial charge in [-0.1, -0.05) is 6.92 Å². The molecule has 1 aromatic carbocycles. The lowest BCUT2D eigenvalue weighted by atomic mass is 10.1. The summed E-state index contributed by atoms with van der Waals surface area (Å²) in [5, 5.41) is 3.81. The van der Waals surface area contributed by atoms with Gasteiger partial charge in [0.15, 0.2) is 0 Å². The van der Waals surface area contributed by atoms with Crippen molar-refractivity contribution in [3.05, 3.63) is 30.0 Å². The van der Waals surface area contributed by atoms with Crippen molar-refractivity contribution in [1.29, 1.82) is 0 Å². The first-order valence-corrected chi connectivity index (χ1v) is 5.79. The fourth-order valence-corrected chi connectivity index (χ4v) is 1.73. The lowest BCUT2D eigenvalue weighted by Crippen LogP contribution is -2.31. The molecule has 0 saturated carbocycles. The molecule has 0 spiro atoms. The first-order chi connectivity index (χ1) is 8.11. The van der Waals surface area contributed by atoms with Crippen LogP contribution in [0, 0.1) is 0 Å². The molecule has 1 unspecified atom stereocenters. The fraction of sp³-hybridized carbons (Fsp3) is 0.308. The van der Waals surface area contributed by atoms with Crippen LogP contribution in [0.3, 0.4) is 0 Å². The number of nitrogen functional groups attached to an aromatic ring is 1. The van der Waals surface area contributed by atoms with E-state index in [1.165, 1.54) is 0 Å². The minimum atomic E-state index is -0.0591. The van der Waals surface area contributed by atoms with Crippen molar-refractivity contribution >= 4 is 22.5 Å². The molecule has 2 rings (SSSR count). The van der Waals surface area contributed by atoms with Crippen LogP contribution in [0.4, 0.5) is 5.69 Å². The van der Waals surface area contributed by atoms with Gasteiger partial charge in [0.1, 0.15) is 0 Å². The van der Waals surface area contributed by atoms with Gasteiger partial charge in [-0.3, -0.25) is 4.79 Å². The number of anilines is 1. The van der Waals surface area contributed by atoms with Gasteiger partial charge in [0.05, 0.1) is 5.56 Å². The second-order valence-corrected chi connectivity index (χ2v) is 4.29. The lowest BCUT2D eigenvalue weighted by Gasteiger charge is -2.10. The Morgan fingerprint density at radius 1 is 1.53 bits per heavy atom. The van der Waals surface area contributed by atoms with Crippen LogP contribution < -0.4 is 11.1 Å². The molecule has 0 bridgehead atoms. The standard InChI is InChI=1S/C13H17N3O/c1-3-8(2)16-13(17)11-7-15-12-5-4-9(14)6-10(11)12/h4-8,15H,3,14H2,1-2H3,(H,16,17). The molecular formula is C13H17N3O. The summed E-state index contributed by atoms with van der Waals surface area (Å²) in [6.07, 6.45) is 2.64. The number of hydrogen-bond acceptors (Lipinski definition) is 2. The van der Waals surface area contributed by atoms with Crippen molar-refractivity contribution in [3.63, 3.8) is 0 Å². The zero-order valence-corrected chi connectivity index (χ0v) is 10.1. The van der Waals surface area contributed by atoms with Crippen molar-refractivity contribution < 1.29 is 4.79 Å². The molecule has 1 heterocycles. The van der Waals surface area contributed by atoms with Crippen LogP contribution in [0.5, 0.6) is 0 Å². The maximum Gasteiger partial charge on any atom is 0.253 e. The maximum absolute atomic E-state index is 12.0. The van der Waals surface area contributed by atoms with Crippen LogP contribution in [0.25, 0.3) is 10.9 Å². The summed E-state index contributed by atoms with van der Waals surface area (Å²) in [5.41, 5.74) is 7.97. The van der Waals surface area contributed by atoms with E-state index in [1.807, 2.05) is 32.0 Å². The van der Waals surface area contributed by atoms with E-state index in [9.17, 15) is 4.79 Å². The molecule has 17 heavy (non-hydrogen) atoms. The van der Waals surface area contributed by atoms with Crippen molar-refractivity contribution in [2.45, 2.75) is 26.3 Å². The average molecular weight is 231 g/mol. The maximum atomic E-state index is 12.0. The van der Waals surface area contributed by atoms with Gasteiger partial charge in [-0.15, -0.1) is 0 Å².